The van der Waals surface area contributed by atoms with Crippen LogP contribution in [0.5, 0.6) is 0 Å². The largest absolute Gasteiger partial charge is 0.342 e. The average Bonchev–Trinajstić information content (AvgIpc) is 2.76. The summed E-state index contributed by atoms with van der Waals surface area (Å²) in [7, 11) is 0. The Balaban J connectivity index is 1.33. The number of rotatable bonds is 3. The molecule has 4 rings (SSSR count). The van der Waals surface area contributed by atoms with Gasteiger partial charge >= 0.3 is 0 Å². The number of likely N-dealkylation sites (tertiary alicyclic amines) is 2. The van der Waals surface area contributed by atoms with Crippen molar-refractivity contribution in [2.75, 3.05) is 26.2 Å². The second-order valence-electron chi connectivity index (χ2n) is 8.36. The van der Waals surface area contributed by atoms with Crippen LogP contribution in [0.2, 0.25) is 0 Å². The lowest BCUT2D eigenvalue weighted by Gasteiger charge is -2.43. The SMILES string of the molecule is O=C1CC2(CCN(C(=O)C3(F)CCC3)CC2)CN1CC1CCC1. The average molecular weight is 322 g/mol. The first-order valence-electron chi connectivity index (χ1n) is 9.26. The molecule has 0 aromatic heterocycles. The van der Waals surface area contributed by atoms with Crippen molar-refractivity contribution in [1.82, 2.24) is 9.80 Å². The highest BCUT2D eigenvalue weighted by Crippen LogP contribution is 2.44. The summed E-state index contributed by atoms with van der Waals surface area (Å²) in [5.41, 5.74) is -1.53. The van der Waals surface area contributed by atoms with Gasteiger partial charge in [0.25, 0.3) is 5.91 Å². The maximum absolute atomic E-state index is 14.3. The zero-order valence-corrected chi connectivity index (χ0v) is 13.9. The number of carbonyl (C=O) groups is 2. The molecule has 2 amide bonds. The number of amides is 2. The minimum atomic E-state index is -1.58. The third-order valence-electron chi connectivity index (χ3n) is 6.75. The number of piperidine rings is 1. The van der Waals surface area contributed by atoms with Crippen LogP contribution in [-0.4, -0.2) is 53.5 Å². The number of carbonyl (C=O) groups excluding carboxylic acids is 2. The summed E-state index contributed by atoms with van der Waals surface area (Å²) in [6.45, 7) is 3.02. The van der Waals surface area contributed by atoms with Crippen LogP contribution in [-0.2, 0) is 9.59 Å². The summed E-state index contributed by atoms with van der Waals surface area (Å²) in [5, 5.41) is 0. The van der Waals surface area contributed by atoms with Gasteiger partial charge in [-0.25, -0.2) is 4.39 Å². The number of hydrogen-bond acceptors (Lipinski definition) is 2. The van der Waals surface area contributed by atoms with Gasteiger partial charge in [-0.15, -0.1) is 0 Å². The molecular formula is C18H27FN2O2. The van der Waals surface area contributed by atoms with Crippen LogP contribution >= 0.6 is 0 Å². The van der Waals surface area contributed by atoms with Crippen LogP contribution in [0, 0.1) is 11.3 Å². The van der Waals surface area contributed by atoms with Crippen LogP contribution < -0.4 is 0 Å². The normalized spacial score (nSPS) is 29.5. The fourth-order valence-corrected chi connectivity index (χ4v) is 4.64. The van der Waals surface area contributed by atoms with E-state index < -0.39 is 5.67 Å². The summed E-state index contributed by atoms with van der Waals surface area (Å²) in [5.74, 6) is 0.702. The van der Waals surface area contributed by atoms with Gasteiger partial charge in [0.15, 0.2) is 5.67 Å². The lowest BCUT2D eigenvalue weighted by Crippen LogP contribution is -2.54. The smallest absolute Gasteiger partial charge is 0.260 e. The molecule has 2 aliphatic heterocycles. The monoisotopic (exact) mass is 322 g/mol. The van der Waals surface area contributed by atoms with Crippen molar-refractivity contribution >= 4 is 11.8 Å². The number of alkyl halides is 1. The van der Waals surface area contributed by atoms with Crippen LogP contribution in [0.3, 0.4) is 0 Å². The number of nitrogens with zero attached hydrogens (tertiary/aromatic N) is 2. The molecule has 0 atom stereocenters. The standard InChI is InChI=1S/C18H27FN2O2/c19-18(5-2-6-18)16(23)20-9-7-17(8-10-20)11-15(22)21(13-17)12-14-3-1-4-14/h14H,1-13H2. The van der Waals surface area contributed by atoms with Crippen LogP contribution in [0.4, 0.5) is 4.39 Å². The van der Waals surface area contributed by atoms with Gasteiger partial charge in [-0.2, -0.15) is 0 Å². The Morgan fingerprint density at radius 2 is 1.83 bits per heavy atom. The summed E-state index contributed by atoms with van der Waals surface area (Å²) >= 11 is 0. The van der Waals surface area contributed by atoms with Crippen molar-refractivity contribution < 1.29 is 14.0 Å². The fraction of sp³-hybridized carbons (Fsp3) is 0.889. The van der Waals surface area contributed by atoms with Crippen LogP contribution in [0.25, 0.3) is 0 Å². The van der Waals surface area contributed by atoms with E-state index in [1.54, 1.807) is 4.90 Å². The van der Waals surface area contributed by atoms with E-state index in [-0.39, 0.29) is 17.2 Å². The van der Waals surface area contributed by atoms with Crippen LogP contribution in [0.15, 0.2) is 0 Å². The van der Waals surface area contributed by atoms with Gasteiger partial charge in [0.05, 0.1) is 0 Å². The Bertz CT molecular complexity index is 505. The zero-order chi connectivity index (χ0) is 16.1. The molecular weight excluding hydrogens is 295 g/mol. The maximum Gasteiger partial charge on any atom is 0.260 e. The first-order valence-corrected chi connectivity index (χ1v) is 9.26. The van der Waals surface area contributed by atoms with Gasteiger partial charge < -0.3 is 9.80 Å². The zero-order valence-electron chi connectivity index (χ0n) is 13.9. The van der Waals surface area contributed by atoms with Gasteiger partial charge in [-0.3, -0.25) is 9.59 Å². The Morgan fingerprint density at radius 1 is 1.13 bits per heavy atom. The van der Waals surface area contributed by atoms with Crippen LogP contribution in [0.1, 0.15) is 57.8 Å². The second kappa shape index (κ2) is 5.45. The fourth-order valence-electron chi connectivity index (χ4n) is 4.64. The van der Waals surface area contributed by atoms with Crippen molar-refractivity contribution in [3.8, 4) is 0 Å². The first-order chi connectivity index (χ1) is 11.0. The van der Waals surface area contributed by atoms with E-state index in [2.05, 4.69) is 4.90 Å². The van der Waals surface area contributed by atoms with E-state index >= 15 is 0 Å². The molecule has 2 aliphatic carbocycles. The molecule has 4 nitrogen and oxygen atoms in total. The van der Waals surface area contributed by atoms with Crippen molar-refractivity contribution in [1.29, 1.82) is 0 Å². The van der Waals surface area contributed by atoms with Gasteiger partial charge in [-0.05, 0) is 50.9 Å². The second-order valence-corrected chi connectivity index (χ2v) is 8.36. The quantitative estimate of drug-likeness (QED) is 0.801. The predicted octanol–water partition coefficient (Wildman–Crippen LogP) is 2.52. The molecule has 0 N–H and O–H groups in total. The summed E-state index contributed by atoms with van der Waals surface area (Å²) in [4.78, 5) is 28.4. The molecule has 0 radical (unpaired) electrons. The van der Waals surface area contributed by atoms with Crippen molar-refractivity contribution in [3.05, 3.63) is 0 Å². The Morgan fingerprint density at radius 3 is 2.35 bits per heavy atom. The molecule has 0 bridgehead atoms. The molecule has 2 saturated carbocycles. The van der Waals surface area contributed by atoms with E-state index in [0.717, 1.165) is 32.4 Å². The molecule has 2 heterocycles. The van der Waals surface area contributed by atoms with Crippen molar-refractivity contribution in [2.45, 2.75) is 63.5 Å². The van der Waals surface area contributed by atoms with E-state index in [1.807, 2.05) is 0 Å². The summed E-state index contributed by atoms with van der Waals surface area (Å²) < 4.78 is 14.3. The maximum atomic E-state index is 14.3. The van der Waals surface area contributed by atoms with Crippen molar-refractivity contribution in [3.63, 3.8) is 0 Å². The molecule has 128 valence electrons. The van der Waals surface area contributed by atoms with Gasteiger partial charge in [0.2, 0.25) is 5.91 Å². The third kappa shape index (κ3) is 2.66. The first kappa shape index (κ1) is 15.4. The molecule has 4 fully saturated rings. The highest BCUT2D eigenvalue weighted by molar-refractivity contribution is 5.86. The number of hydrogen-bond donors (Lipinski definition) is 0. The Kier molecular flexibility index (Phi) is 3.65. The lowest BCUT2D eigenvalue weighted by atomic mass is 9.76. The molecule has 4 aliphatic rings. The molecule has 23 heavy (non-hydrogen) atoms. The Labute approximate surface area is 137 Å². The molecule has 1 spiro atoms. The number of halogens is 1. The summed E-state index contributed by atoms with van der Waals surface area (Å²) in [6, 6.07) is 0. The highest BCUT2D eigenvalue weighted by Gasteiger charge is 2.50. The topological polar surface area (TPSA) is 40.6 Å². The lowest BCUT2D eigenvalue weighted by molar-refractivity contribution is -0.152. The predicted molar refractivity (Wildman–Crippen MR) is 84.5 cm³/mol. The third-order valence-corrected chi connectivity index (χ3v) is 6.75. The molecule has 0 unspecified atom stereocenters. The Hall–Kier alpha value is -1.13. The molecule has 2 saturated heterocycles. The van der Waals surface area contributed by atoms with E-state index in [9.17, 15) is 14.0 Å². The van der Waals surface area contributed by atoms with Gasteiger partial charge in [-0.1, -0.05) is 6.42 Å². The van der Waals surface area contributed by atoms with E-state index in [4.69, 9.17) is 0 Å². The minimum absolute atomic E-state index is 0.0424. The van der Waals surface area contributed by atoms with Gasteiger partial charge in [0, 0.05) is 38.0 Å². The van der Waals surface area contributed by atoms with Gasteiger partial charge in [0.1, 0.15) is 0 Å². The molecule has 0 aromatic rings. The summed E-state index contributed by atoms with van der Waals surface area (Å²) in [6.07, 6.45) is 7.76. The minimum Gasteiger partial charge on any atom is -0.342 e. The van der Waals surface area contributed by atoms with E-state index in [1.165, 1.54) is 19.3 Å². The van der Waals surface area contributed by atoms with E-state index in [0.29, 0.717) is 38.3 Å². The highest BCUT2D eigenvalue weighted by atomic mass is 19.1. The van der Waals surface area contributed by atoms with Crippen molar-refractivity contribution in [2.24, 2.45) is 11.3 Å². The molecule has 5 heteroatoms. The molecule has 0 aromatic carbocycles.